The van der Waals surface area contributed by atoms with Crippen LogP contribution in [-0.4, -0.2) is 6.13 Å². The zero-order valence-corrected chi connectivity index (χ0v) is 13.1. The van der Waals surface area contributed by atoms with Gasteiger partial charge in [0.05, 0.1) is 0 Å². The van der Waals surface area contributed by atoms with Gasteiger partial charge in [-0.3, -0.25) is 0 Å². The number of hydrogen-bond donors (Lipinski definition) is 0. The van der Waals surface area contributed by atoms with Crippen LogP contribution >= 0.6 is 11.5 Å². The van der Waals surface area contributed by atoms with Gasteiger partial charge in [-0.1, -0.05) is 54.4 Å². The highest BCUT2D eigenvalue weighted by Gasteiger charge is 2.59. The Bertz CT molecular complexity index is 292. The predicted molar refractivity (Wildman–Crippen MR) is 78.8 cm³/mol. The fourth-order valence-electron chi connectivity index (χ4n) is 4.55. The Morgan fingerprint density at radius 1 is 1.24 bits per heavy atom. The first-order chi connectivity index (χ1) is 7.69. The average Bonchev–Trinajstić information content (AvgIpc) is 2.25. The summed E-state index contributed by atoms with van der Waals surface area (Å²) in [7, 11) is 0. The number of rotatable bonds is 2. The number of halogens is 1. The fraction of sp³-hybridized carbons (Fsp3) is 1.00. The molecule has 98 valence electrons. The molecule has 0 spiro atoms. The molecular formula is C15H28BCl. The van der Waals surface area contributed by atoms with Crippen molar-refractivity contribution in [3.8, 4) is 0 Å². The lowest BCUT2D eigenvalue weighted by molar-refractivity contribution is -0.105. The highest BCUT2D eigenvalue weighted by Crippen LogP contribution is 2.67. The van der Waals surface area contributed by atoms with E-state index in [9.17, 15) is 0 Å². The summed E-state index contributed by atoms with van der Waals surface area (Å²) in [5, 5.41) is 0.244. The Hall–Kier alpha value is 0.355. The van der Waals surface area contributed by atoms with Gasteiger partial charge in [0.1, 0.15) is 0 Å². The molecule has 17 heavy (non-hydrogen) atoms. The van der Waals surface area contributed by atoms with Gasteiger partial charge in [0.15, 0.2) is 0 Å². The van der Waals surface area contributed by atoms with E-state index in [0.29, 0.717) is 11.5 Å². The van der Waals surface area contributed by atoms with E-state index in [1.807, 2.05) is 0 Å². The molecule has 3 aliphatic carbocycles. The second-order valence-corrected chi connectivity index (χ2v) is 8.57. The summed E-state index contributed by atoms with van der Waals surface area (Å²) in [5.41, 5.74) is 0.589. The molecular weight excluding hydrogens is 226 g/mol. The SMILES string of the molecule is CC[C@@H]1[C@H]2C[C@@H](C[C@H]1B(Cl)C(C)(C)C)C2(C)C. The second-order valence-electron chi connectivity index (χ2n) is 8.10. The van der Waals surface area contributed by atoms with Crippen LogP contribution in [0.2, 0.25) is 11.1 Å². The molecule has 3 rings (SSSR count). The highest BCUT2D eigenvalue weighted by molar-refractivity contribution is 7.09. The molecule has 0 heterocycles. The third-order valence-corrected chi connectivity index (χ3v) is 6.82. The molecule has 0 radical (unpaired) electrons. The maximum atomic E-state index is 6.79. The smallest absolute Gasteiger partial charge is 0.195 e. The summed E-state index contributed by atoms with van der Waals surface area (Å²) in [4.78, 5) is 0. The first-order valence-electron chi connectivity index (χ1n) is 7.33. The molecule has 0 aromatic carbocycles. The van der Waals surface area contributed by atoms with Crippen LogP contribution in [0.25, 0.3) is 0 Å². The third kappa shape index (κ3) is 2.07. The minimum absolute atomic E-state index is 0.244. The normalized spacial score (nSPS) is 39.7. The molecule has 0 N–H and O–H groups in total. The molecule has 2 heteroatoms. The molecule has 0 saturated heterocycles. The highest BCUT2D eigenvalue weighted by atomic mass is 35.5. The Morgan fingerprint density at radius 3 is 2.24 bits per heavy atom. The van der Waals surface area contributed by atoms with Crippen molar-refractivity contribution in [1.82, 2.24) is 0 Å². The Balaban J connectivity index is 2.16. The molecule has 0 nitrogen and oxygen atoms in total. The molecule has 3 saturated carbocycles. The second kappa shape index (κ2) is 4.18. The zero-order chi connectivity index (χ0) is 13.0. The van der Waals surface area contributed by atoms with Crippen molar-refractivity contribution in [3.63, 3.8) is 0 Å². The largest absolute Gasteiger partial charge is 0.259 e. The van der Waals surface area contributed by atoms with Crippen molar-refractivity contribution < 1.29 is 0 Å². The Labute approximate surface area is 113 Å². The zero-order valence-electron chi connectivity index (χ0n) is 12.4. The van der Waals surface area contributed by atoms with Crippen molar-refractivity contribution in [2.45, 2.75) is 71.9 Å². The summed E-state index contributed by atoms with van der Waals surface area (Å²) in [6.07, 6.45) is 4.49. The van der Waals surface area contributed by atoms with Gasteiger partial charge in [-0.05, 0) is 40.7 Å². The van der Waals surface area contributed by atoms with Gasteiger partial charge >= 0.3 is 0 Å². The fourth-order valence-corrected chi connectivity index (χ4v) is 4.84. The number of fused-ring (bicyclic) bond motifs is 2. The average molecular weight is 255 g/mol. The maximum absolute atomic E-state index is 6.79. The lowest BCUT2D eigenvalue weighted by Crippen LogP contribution is -2.56. The van der Waals surface area contributed by atoms with Crippen molar-refractivity contribution in [2.75, 3.05) is 0 Å². The van der Waals surface area contributed by atoms with Crippen LogP contribution in [0.5, 0.6) is 0 Å². The first kappa shape index (κ1) is 13.8. The van der Waals surface area contributed by atoms with E-state index < -0.39 is 0 Å². The van der Waals surface area contributed by atoms with Gasteiger partial charge < -0.3 is 0 Å². The van der Waals surface area contributed by atoms with Crippen LogP contribution in [-0.2, 0) is 0 Å². The quantitative estimate of drug-likeness (QED) is 0.573. The Kier molecular flexibility index (Phi) is 3.39. The van der Waals surface area contributed by atoms with Gasteiger partial charge in [0.2, 0.25) is 0 Å². The number of hydrogen-bond acceptors (Lipinski definition) is 0. The molecule has 3 aliphatic rings. The van der Waals surface area contributed by atoms with E-state index in [1.54, 1.807) is 0 Å². The molecule has 0 aliphatic heterocycles. The molecule has 4 atom stereocenters. The van der Waals surface area contributed by atoms with Crippen LogP contribution < -0.4 is 0 Å². The van der Waals surface area contributed by atoms with E-state index in [1.165, 1.54) is 19.3 Å². The summed E-state index contributed by atoms with van der Waals surface area (Å²) < 4.78 is 0. The summed E-state index contributed by atoms with van der Waals surface area (Å²) >= 11 is 6.79. The molecule has 0 aromatic heterocycles. The lowest BCUT2D eigenvalue weighted by Gasteiger charge is -2.64. The van der Waals surface area contributed by atoms with Gasteiger partial charge in [0, 0.05) is 0 Å². The van der Waals surface area contributed by atoms with Gasteiger partial charge in [-0.2, -0.15) is 11.5 Å². The monoisotopic (exact) mass is 254 g/mol. The molecule has 0 aromatic rings. The van der Waals surface area contributed by atoms with E-state index in [0.717, 1.165) is 23.6 Å². The van der Waals surface area contributed by atoms with Crippen molar-refractivity contribution in [2.24, 2.45) is 23.2 Å². The van der Waals surface area contributed by atoms with Gasteiger partial charge in [-0.15, -0.1) is 0 Å². The van der Waals surface area contributed by atoms with Crippen LogP contribution in [0, 0.1) is 23.2 Å². The van der Waals surface area contributed by atoms with Crippen LogP contribution in [0.4, 0.5) is 0 Å². The lowest BCUT2D eigenvalue weighted by atomic mass is 9.32. The maximum Gasteiger partial charge on any atom is 0.259 e. The summed E-state index contributed by atoms with van der Waals surface area (Å²) in [6.45, 7) is 14.2. The van der Waals surface area contributed by atoms with E-state index in [4.69, 9.17) is 11.5 Å². The Morgan fingerprint density at radius 2 is 1.82 bits per heavy atom. The van der Waals surface area contributed by atoms with Crippen molar-refractivity contribution >= 4 is 17.6 Å². The molecule has 0 amide bonds. The summed E-state index contributed by atoms with van der Waals surface area (Å²) in [5.74, 6) is 3.47. The summed E-state index contributed by atoms with van der Waals surface area (Å²) in [6, 6.07) is 0. The topological polar surface area (TPSA) is 0 Å². The van der Waals surface area contributed by atoms with Crippen molar-refractivity contribution in [1.29, 1.82) is 0 Å². The van der Waals surface area contributed by atoms with Crippen molar-refractivity contribution in [3.05, 3.63) is 0 Å². The van der Waals surface area contributed by atoms with Crippen LogP contribution in [0.1, 0.15) is 60.8 Å². The predicted octanol–water partition coefficient (Wildman–Crippen LogP) is 5.48. The first-order valence-corrected chi connectivity index (χ1v) is 7.77. The van der Waals surface area contributed by atoms with Gasteiger partial charge in [0.25, 0.3) is 6.13 Å². The van der Waals surface area contributed by atoms with E-state index in [2.05, 4.69) is 41.5 Å². The van der Waals surface area contributed by atoms with E-state index >= 15 is 0 Å². The standard InChI is InChI=1S/C15H28BCl/c1-7-11-12-8-10(15(12,5)6)9-13(11)16(17)14(2,3)4/h10-13H,7-9H2,1-6H3/t10-,11+,12+,13+/m0/s1. The van der Waals surface area contributed by atoms with Crippen LogP contribution in [0.3, 0.4) is 0 Å². The van der Waals surface area contributed by atoms with E-state index in [-0.39, 0.29) is 5.31 Å². The third-order valence-electron chi connectivity index (χ3n) is 5.84. The molecule has 0 unspecified atom stereocenters. The molecule has 2 bridgehead atoms. The minimum atomic E-state index is 0.244. The van der Waals surface area contributed by atoms with Gasteiger partial charge in [-0.25, -0.2) is 0 Å². The van der Waals surface area contributed by atoms with Crippen LogP contribution in [0.15, 0.2) is 0 Å². The minimum Gasteiger partial charge on any atom is -0.195 e. The molecule has 3 fully saturated rings.